The van der Waals surface area contributed by atoms with Crippen LogP contribution in [0.15, 0.2) is 42.5 Å². The largest absolute Gasteiger partial charge is 0.487 e. The maximum Gasteiger partial charge on any atom is 0.273 e. The van der Waals surface area contributed by atoms with Gasteiger partial charge in [-0.1, -0.05) is 47.5 Å². The summed E-state index contributed by atoms with van der Waals surface area (Å²) in [7, 11) is 3.39. The first-order valence-electron chi connectivity index (χ1n) is 7.99. The fraction of sp³-hybridized carbons (Fsp3) is 0.211. The highest BCUT2D eigenvalue weighted by atomic mass is 35.5. The van der Waals surface area contributed by atoms with Gasteiger partial charge < -0.3 is 19.4 Å². The quantitative estimate of drug-likeness (QED) is 0.615. The molecule has 0 spiro atoms. The Kier molecular flexibility index (Phi) is 5.71. The van der Waals surface area contributed by atoms with Crippen molar-refractivity contribution in [3.63, 3.8) is 0 Å². The zero-order valence-electron chi connectivity index (χ0n) is 14.4. The molecule has 0 aliphatic carbocycles. The molecule has 1 amide bonds. The summed E-state index contributed by atoms with van der Waals surface area (Å²) in [5.41, 5.74) is 1.72. The number of benzene rings is 2. The van der Waals surface area contributed by atoms with Gasteiger partial charge in [0.15, 0.2) is 5.75 Å². The minimum Gasteiger partial charge on any atom is -0.487 e. The van der Waals surface area contributed by atoms with Gasteiger partial charge in [0, 0.05) is 25.1 Å². The van der Waals surface area contributed by atoms with Crippen molar-refractivity contribution < 1.29 is 14.3 Å². The molecule has 0 saturated heterocycles. The smallest absolute Gasteiger partial charge is 0.273 e. The Bertz CT molecular complexity index is 914. The van der Waals surface area contributed by atoms with E-state index in [0.29, 0.717) is 40.4 Å². The van der Waals surface area contributed by atoms with E-state index in [9.17, 15) is 4.79 Å². The molecule has 0 aliphatic heterocycles. The molecule has 5 nitrogen and oxygen atoms in total. The summed E-state index contributed by atoms with van der Waals surface area (Å²) in [6.07, 6.45) is 0. The number of amides is 1. The number of para-hydroxylation sites is 2. The van der Waals surface area contributed by atoms with E-state index in [-0.39, 0.29) is 5.91 Å². The zero-order chi connectivity index (χ0) is 18.7. The molecule has 1 N–H and O–H groups in total. The molecule has 0 unspecified atom stereocenters. The van der Waals surface area contributed by atoms with Crippen molar-refractivity contribution in [3.8, 4) is 5.75 Å². The van der Waals surface area contributed by atoms with E-state index < -0.39 is 0 Å². The molecule has 0 atom stereocenters. The summed E-state index contributed by atoms with van der Waals surface area (Å²) < 4.78 is 12.4. The lowest BCUT2D eigenvalue weighted by Gasteiger charge is -2.14. The van der Waals surface area contributed by atoms with Gasteiger partial charge in [0.25, 0.3) is 5.91 Å². The first-order valence-corrected chi connectivity index (χ1v) is 8.74. The van der Waals surface area contributed by atoms with Crippen LogP contribution in [0, 0.1) is 0 Å². The average Bonchev–Trinajstić information content (AvgIpc) is 2.89. The van der Waals surface area contributed by atoms with Gasteiger partial charge in [0.1, 0.15) is 12.3 Å². The summed E-state index contributed by atoms with van der Waals surface area (Å²) in [4.78, 5) is 12.9. The predicted molar refractivity (Wildman–Crippen MR) is 105 cm³/mol. The molecule has 2 aromatic carbocycles. The second-order valence-electron chi connectivity index (χ2n) is 5.65. The van der Waals surface area contributed by atoms with Crippen LogP contribution >= 0.6 is 23.2 Å². The maximum absolute atomic E-state index is 12.9. The number of halogens is 2. The summed E-state index contributed by atoms with van der Waals surface area (Å²) in [6, 6.07) is 12.7. The lowest BCUT2D eigenvalue weighted by Crippen LogP contribution is -2.17. The molecule has 7 heteroatoms. The highest BCUT2D eigenvalue weighted by Crippen LogP contribution is 2.35. The highest BCUT2D eigenvalue weighted by molar-refractivity contribution is 6.39. The van der Waals surface area contributed by atoms with Gasteiger partial charge >= 0.3 is 0 Å². The molecule has 0 bridgehead atoms. The number of anilines is 1. The number of fused-ring (bicyclic) bond motifs is 1. The third-order valence-electron chi connectivity index (χ3n) is 4.01. The van der Waals surface area contributed by atoms with Gasteiger partial charge in [-0.3, -0.25) is 4.79 Å². The second-order valence-corrected chi connectivity index (χ2v) is 6.44. The first kappa shape index (κ1) is 18.6. The number of hydrogen-bond donors (Lipinski definition) is 1. The van der Waals surface area contributed by atoms with Crippen LogP contribution in [0.4, 0.5) is 5.69 Å². The van der Waals surface area contributed by atoms with Crippen LogP contribution in [0.2, 0.25) is 10.0 Å². The van der Waals surface area contributed by atoms with Crippen LogP contribution in [0.5, 0.6) is 5.75 Å². The number of rotatable bonds is 6. The van der Waals surface area contributed by atoms with Crippen molar-refractivity contribution in [1.29, 1.82) is 0 Å². The maximum atomic E-state index is 12.9. The Balaban J connectivity index is 1.93. The molecule has 136 valence electrons. The average molecular weight is 393 g/mol. The molecule has 1 heterocycles. The molecule has 26 heavy (non-hydrogen) atoms. The lowest BCUT2D eigenvalue weighted by molar-refractivity contribution is 0.101. The number of carbonyl (C=O) groups is 1. The van der Waals surface area contributed by atoms with E-state index in [0.717, 1.165) is 10.9 Å². The Hall–Kier alpha value is -2.21. The molecular formula is C19H18Cl2N2O3. The van der Waals surface area contributed by atoms with Crippen LogP contribution in [-0.4, -0.2) is 30.8 Å². The number of aryl methyl sites for hydroxylation is 1. The normalized spacial score (nSPS) is 10.9. The third kappa shape index (κ3) is 3.51. The van der Waals surface area contributed by atoms with Crippen LogP contribution < -0.4 is 10.1 Å². The number of carbonyl (C=O) groups excluding carboxylic acids is 1. The minimum atomic E-state index is -0.340. The van der Waals surface area contributed by atoms with Crippen molar-refractivity contribution >= 4 is 45.7 Å². The van der Waals surface area contributed by atoms with E-state index in [4.69, 9.17) is 32.7 Å². The molecule has 3 aromatic rings. The summed E-state index contributed by atoms with van der Waals surface area (Å²) in [5.74, 6) is 0.0574. The number of methoxy groups -OCH3 is 1. The molecule has 3 rings (SSSR count). The zero-order valence-corrected chi connectivity index (χ0v) is 15.9. The summed E-state index contributed by atoms with van der Waals surface area (Å²) in [6.45, 7) is 0.728. The predicted octanol–water partition coefficient (Wildman–Crippen LogP) is 4.76. The van der Waals surface area contributed by atoms with Crippen LogP contribution in [0.25, 0.3) is 10.9 Å². The second kappa shape index (κ2) is 7.99. The number of ether oxygens (including phenoxy) is 2. The fourth-order valence-corrected chi connectivity index (χ4v) is 3.36. The van der Waals surface area contributed by atoms with Crippen LogP contribution in [0.3, 0.4) is 0 Å². The Labute approximate surface area is 161 Å². The van der Waals surface area contributed by atoms with E-state index in [1.54, 1.807) is 36.9 Å². The molecule has 0 fully saturated rings. The van der Waals surface area contributed by atoms with Crippen LogP contribution in [-0.2, 0) is 11.8 Å². The SMILES string of the molecule is COCCOc1c(Cl)cccc1NC(=O)c1c(Cl)c2ccccc2n1C. The standard InChI is InChI=1S/C19H18Cl2N2O3/c1-23-15-9-4-3-6-12(15)16(21)17(23)19(24)22-14-8-5-7-13(20)18(14)26-11-10-25-2/h3-9H,10-11H2,1-2H3,(H,22,24). The van der Waals surface area contributed by atoms with Gasteiger partial charge in [0.05, 0.1) is 22.3 Å². The van der Waals surface area contributed by atoms with Gasteiger partial charge in [-0.25, -0.2) is 0 Å². The van der Waals surface area contributed by atoms with Crippen molar-refractivity contribution in [2.75, 3.05) is 25.6 Å². The van der Waals surface area contributed by atoms with E-state index in [2.05, 4.69) is 5.32 Å². The third-order valence-corrected chi connectivity index (χ3v) is 4.69. The summed E-state index contributed by atoms with van der Waals surface area (Å²) in [5, 5.41) is 4.48. The molecule has 0 radical (unpaired) electrons. The van der Waals surface area contributed by atoms with Gasteiger partial charge in [-0.2, -0.15) is 0 Å². The van der Waals surface area contributed by atoms with Crippen molar-refractivity contribution in [1.82, 2.24) is 4.57 Å². The summed E-state index contributed by atoms with van der Waals surface area (Å²) >= 11 is 12.7. The minimum absolute atomic E-state index is 0.317. The Morgan fingerprint density at radius 1 is 1.12 bits per heavy atom. The van der Waals surface area contributed by atoms with Crippen molar-refractivity contribution in [2.45, 2.75) is 0 Å². The first-order chi connectivity index (χ1) is 12.5. The van der Waals surface area contributed by atoms with Crippen LogP contribution in [0.1, 0.15) is 10.5 Å². The molecule has 0 aliphatic rings. The number of hydrogen-bond acceptors (Lipinski definition) is 3. The van der Waals surface area contributed by atoms with Crippen molar-refractivity contribution in [3.05, 3.63) is 58.2 Å². The fourth-order valence-electron chi connectivity index (χ4n) is 2.76. The van der Waals surface area contributed by atoms with Gasteiger partial charge in [0.2, 0.25) is 0 Å². The van der Waals surface area contributed by atoms with Crippen molar-refractivity contribution in [2.24, 2.45) is 7.05 Å². The Morgan fingerprint density at radius 2 is 1.88 bits per heavy atom. The number of aromatic nitrogens is 1. The van der Waals surface area contributed by atoms with Gasteiger partial charge in [-0.15, -0.1) is 0 Å². The topological polar surface area (TPSA) is 52.5 Å². The monoisotopic (exact) mass is 392 g/mol. The molecular weight excluding hydrogens is 375 g/mol. The Morgan fingerprint density at radius 3 is 2.62 bits per heavy atom. The highest BCUT2D eigenvalue weighted by Gasteiger charge is 2.21. The van der Waals surface area contributed by atoms with E-state index in [1.165, 1.54) is 0 Å². The number of nitrogens with zero attached hydrogens (tertiary/aromatic N) is 1. The lowest BCUT2D eigenvalue weighted by atomic mass is 10.2. The molecule has 1 aromatic heterocycles. The van der Waals surface area contributed by atoms with Gasteiger partial charge in [-0.05, 0) is 18.2 Å². The van der Waals surface area contributed by atoms with E-state index in [1.807, 2.05) is 24.3 Å². The molecule has 0 saturated carbocycles. The number of nitrogens with one attached hydrogen (secondary N) is 1. The van der Waals surface area contributed by atoms with E-state index >= 15 is 0 Å².